The number of nitrogens with one attached hydrogen (secondary N) is 1. The summed E-state index contributed by atoms with van der Waals surface area (Å²) in [6, 6.07) is 7.25. The molecule has 21 heavy (non-hydrogen) atoms. The van der Waals surface area contributed by atoms with Crippen molar-refractivity contribution in [1.82, 2.24) is 0 Å². The third-order valence-electron chi connectivity index (χ3n) is 4.45. The fourth-order valence-electron chi connectivity index (χ4n) is 3.42. The normalized spacial score (nSPS) is 23.1. The van der Waals surface area contributed by atoms with Crippen molar-refractivity contribution in [2.24, 2.45) is 5.92 Å². The van der Waals surface area contributed by atoms with Crippen LogP contribution in [-0.4, -0.2) is 24.6 Å². The Balaban J connectivity index is 1.80. The van der Waals surface area contributed by atoms with Gasteiger partial charge < -0.3 is 14.8 Å². The van der Waals surface area contributed by atoms with Crippen molar-refractivity contribution in [3.05, 3.63) is 24.3 Å². The number of amides is 1. The molecule has 3 rings (SSSR count). The largest absolute Gasteiger partial charge is 0.495 e. The number of hydrogen-bond acceptors (Lipinski definition) is 4. The molecule has 1 aliphatic carbocycles. The molecular formula is C16H19NO4. The molecule has 1 spiro atoms. The molecule has 1 aliphatic heterocycles. The fraction of sp³-hybridized carbons (Fsp3) is 0.500. The van der Waals surface area contributed by atoms with Crippen molar-refractivity contribution >= 4 is 17.6 Å². The number of ether oxygens (including phenoxy) is 2. The van der Waals surface area contributed by atoms with Crippen LogP contribution in [0.3, 0.4) is 0 Å². The van der Waals surface area contributed by atoms with Crippen LogP contribution in [-0.2, 0) is 14.3 Å². The van der Waals surface area contributed by atoms with Gasteiger partial charge in [-0.15, -0.1) is 0 Å². The number of benzene rings is 1. The minimum Gasteiger partial charge on any atom is -0.495 e. The predicted molar refractivity (Wildman–Crippen MR) is 77.0 cm³/mol. The molecule has 1 saturated heterocycles. The Bertz CT molecular complexity index is 563. The van der Waals surface area contributed by atoms with Gasteiger partial charge in [0.15, 0.2) is 0 Å². The maximum absolute atomic E-state index is 12.6. The number of rotatable bonds is 3. The number of esters is 1. The average Bonchev–Trinajstić information content (AvgIpc) is 3.07. The molecule has 1 heterocycles. The minimum atomic E-state index is -0.580. The molecule has 1 atom stereocenters. The molecule has 1 amide bonds. The molecule has 1 N–H and O–H groups in total. The maximum Gasteiger partial charge on any atom is 0.307 e. The van der Waals surface area contributed by atoms with Gasteiger partial charge in [0.25, 0.3) is 0 Å². The number of methoxy groups -OCH3 is 1. The van der Waals surface area contributed by atoms with E-state index < -0.39 is 11.5 Å². The molecule has 2 fully saturated rings. The Morgan fingerprint density at radius 1 is 1.33 bits per heavy atom. The van der Waals surface area contributed by atoms with Gasteiger partial charge in [0.1, 0.15) is 11.4 Å². The van der Waals surface area contributed by atoms with Gasteiger partial charge in [-0.05, 0) is 37.8 Å². The predicted octanol–water partition coefficient (Wildman–Crippen LogP) is 2.51. The molecule has 5 heteroatoms. The van der Waals surface area contributed by atoms with E-state index in [1.165, 1.54) is 0 Å². The summed E-state index contributed by atoms with van der Waals surface area (Å²) >= 11 is 0. The Morgan fingerprint density at radius 2 is 2.05 bits per heavy atom. The molecular weight excluding hydrogens is 270 g/mol. The second-order valence-electron chi connectivity index (χ2n) is 5.69. The van der Waals surface area contributed by atoms with Crippen molar-refractivity contribution in [2.45, 2.75) is 37.7 Å². The van der Waals surface area contributed by atoms with Crippen LogP contribution in [0.25, 0.3) is 0 Å². The van der Waals surface area contributed by atoms with Crippen LogP contribution >= 0.6 is 0 Å². The summed E-state index contributed by atoms with van der Waals surface area (Å²) in [6.45, 7) is 0. The number of anilines is 1. The fourth-order valence-corrected chi connectivity index (χ4v) is 3.42. The van der Waals surface area contributed by atoms with E-state index >= 15 is 0 Å². The summed E-state index contributed by atoms with van der Waals surface area (Å²) in [5.74, 6) is -0.224. The van der Waals surface area contributed by atoms with Gasteiger partial charge in [-0.25, -0.2) is 0 Å². The number of carbonyl (C=O) groups excluding carboxylic acids is 2. The molecule has 5 nitrogen and oxygen atoms in total. The Morgan fingerprint density at radius 3 is 2.76 bits per heavy atom. The lowest BCUT2D eigenvalue weighted by Gasteiger charge is -2.28. The highest BCUT2D eigenvalue weighted by Crippen LogP contribution is 2.46. The first-order valence-electron chi connectivity index (χ1n) is 7.30. The van der Waals surface area contributed by atoms with Crippen LogP contribution in [0.2, 0.25) is 0 Å². The van der Waals surface area contributed by atoms with Gasteiger partial charge in [-0.2, -0.15) is 0 Å². The van der Waals surface area contributed by atoms with E-state index in [0.717, 1.165) is 25.7 Å². The van der Waals surface area contributed by atoms with Crippen molar-refractivity contribution < 1.29 is 19.1 Å². The monoisotopic (exact) mass is 289 g/mol. The molecule has 0 radical (unpaired) electrons. The SMILES string of the molecule is COc1ccccc1NC(=O)[C@@H]1CC(=O)OC12CCCC2. The maximum atomic E-state index is 12.6. The number of carbonyl (C=O) groups is 2. The van der Waals surface area contributed by atoms with Crippen molar-refractivity contribution in [3.8, 4) is 5.75 Å². The highest BCUT2D eigenvalue weighted by atomic mass is 16.6. The standard InChI is InChI=1S/C16H19NO4/c1-20-13-7-3-2-6-12(13)17-15(19)11-10-14(18)21-16(11)8-4-5-9-16/h2-3,6-7,11H,4-5,8-10H2,1H3,(H,17,19)/t11-/m0/s1. The lowest BCUT2D eigenvalue weighted by atomic mass is 9.85. The van der Waals surface area contributed by atoms with Crippen LogP contribution < -0.4 is 10.1 Å². The first-order valence-corrected chi connectivity index (χ1v) is 7.30. The Hall–Kier alpha value is -2.04. The summed E-state index contributed by atoms with van der Waals surface area (Å²) < 4.78 is 10.7. The van der Waals surface area contributed by atoms with Crippen LogP contribution in [0.15, 0.2) is 24.3 Å². The van der Waals surface area contributed by atoms with Gasteiger partial charge in [0.2, 0.25) is 5.91 Å². The molecule has 1 saturated carbocycles. The van der Waals surface area contributed by atoms with Crippen molar-refractivity contribution in [3.63, 3.8) is 0 Å². The van der Waals surface area contributed by atoms with Gasteiger partial charge in [0, 0.05) is 0 Å². The van der Waals surface area contributed by atoms with E-state index in [4.69, 9.17) is 9.47 Å². The first-order chi connectivity index (χ1) is 10.1. The number of para-hydroxylation sites is 2. The van der Waals surface area contributed by atoms with Crippen LogP contribution in [0.1, 0.15) is 32.1 Å². The summed E-state index contributed by atoms with van der Waals surface area (Å²) in [5.41, 5.74) is 0.0425. The minimum absolute atomic E-state index is 0.160. The molecule has 1 aromatic carbocycles. The zero-order valence-electron chi connectivity index (χ0n) is 12.1. The zero-order valence-corrected chi connectivity index (χ0v) is 12.1. The first kappa shape index (κ1) is 13.9. The smallest absolute Gasteiger partial charge is 0.307 e. The third-order valence-corrected chi connectivity index (χ3v) is 4.45. The molecule has 0 bridgehead atoms. The van der Waals surface area contributed by atoms with Crippen molar-refractivity contribution in [1.29, 1.82) is 0 Å². The topological polar surface area (TPSA) is 64.6 Å². The second kappa shape index (κ2) is 5.39. The van der Waals surface area contributed by atoms with E-state index in [1.807, 2.05) is 12.1 Å². The van der Waals surface area contributed by atoms with Crippen LogP contribution in [0, 0.1) is 5.92 Å². The summed E-state index contributed by atoms with van der Waals surface area (Å²) in [5, 5.41) is 2.88. The second-order valence-corrected chi connectivity index (χ2v) is 5.69. The van der Waals surface area contributed by atoms with Crippen LogP contribution in [0.5, 0.6) is 5.75 Å². The van der Waals surface area contributed by atoms with E-state index in [1.54, 1.807) is 19.2 Å². The van der Waals surface area contributed by atoms with Crippen molar-refractivity contribution in [2.75, 3.05) is 12.4 Å². The lowest BCUT2D eigenvalue weighted by molar-refractivity contribution is -0.149. The summed E-state index contributed by atoms with van der Waals surface area (Å²) in [7, 11) is 1.56. The van der Waals surface area contributed by atoms with E-state index in [0.29, 0.717) is 11.4 Å². The molecule has 2 aliphatic rings. The average molecular weight is 289 g/mol. The molecule has 0 unspecified atom stereocenters. The highest BCUT2D eigenvalue weighted by molar-refractivity contribution is 5.98. The van der Waals surface area contributed by atoms with E-state index in [-0.39, 0.29) is 18.3 Å². The molecule has 0 aromatic heterocycles. The van der Waals surface area contributed by atoms with Gasteiger partial charge in [-0.1, -0.05) is 12.1 Å². The highest BCUT2D eigenvalue weighted by Gasteiger charge is 2.53. The summed E-state index contributed by atoms with van der Waals surface area (Å²) in [6.07, 6.45) is 3.74. The third kappa shape index (κ3) is 2.48. The van der Waals surface area contributed by atoms with E-state index in [9.17, 15) is 9.59 Å². The van der Waals surface area contributed by atoms with Gasteiger partial charge in [0.05, 0.1) is 25.1 Å². The Kier molecular flexibility index (Phi) is 3.57. The van der Waals surface area contributed by atoms with E-state index in [2.05, 4.69) is 5.32 Å². The molecule has 112 valence electrons. The lowest BCUT2D eigenvalue weighted by Crippen LogP contribution is -2.39. The van der Waals surface area contributed by atoms with Gasteiger partial charge >= 0.3 is 5.97 Å². The Labute approximate surface area is 123 Å². The number of hydrogen-bond donors (Lipinski definition) is 1. The van der Waals surface area contributed by atoms with Crippen LogP contribution in [0.4, 0.5) is 5.69 Å². The summed E-state index contributed by atoms with van der Waals surface area (Å²) in [4.78, 5) is 24.3. The zero-order chi connectivity index (χ0) is 14.9. The molecule has 1 aromatic rings. The van der Waals surface area contributed by atoms with Gasteiger partial charge in [-0.3, -0.25) is 9.59 Å². The quantitative estimate of drug-likeness (QED) is 0.868.